The fourth-order valence-corrected chi connectivity index (χ4v) is 2.64. The highest BCUT2D eigenvalue weighted by atomic mass is 19.3. The van der Waals surface area contributed by atoms with E-state index in [1.54, 1.807) is 0 Å². The normalized spacial score (nSPS) is 23.0. The molecular formula is C17H23F2N3O8. The summed E-state index contributed by atoms with van der Waals surface area (Å²) in [5, 5.41) is 11.6. The predicted octanol–water partition coefficient (Wildman–Crippen LogP) is 1.66. The van der Waals surface area contributed by atoms with Crippen LogP contribution in [0, 0.1) is 0 Å². The van der Waals surface area contributed by atoms with Crippen LogP contribution in [-0.4, -0.2) is 63.9 Å². The molecule has 1 saturated heterocycles. The van der Waals surface area contributed by atoms with Gasteiger partial charge in [-0.15, -0.1) is 0 Å². The van der Waals surface area contributed by atoms with Gasteiger partial charge in [0.25, 0.3) is 0 Å². The number of carbonyl (C=O) groups is 2. The average Bonchev–Trinajstić information content (AvgIpc) is 2.84. The van der Waals surface area contributed by atoms with Crippen LogP contribution in [0.1, 0.15) is 33.9 Å². The van der Waals surface area contributed by atoms with Crippen molar-refractivity contribution in [3.8, 4) is 0 Å². The van der Waals surface area contributed by atoms with Crippen LogP contribution in [0.2, 0.25) is 0 Å². The number of carbonyl (C=O) groups excluding carboxylic acids is 2. The summed E-state index contributed by atoms with van der Waals surface area (Å²) in [6.45, 7) is 5.09. The number of nitrogens with zero attached hydrogens (tertiary/aromatic N) is 2. The van der Waals surface area contributed by atoms with Gasteiger partial charge in [0, 0.05) is 6.20 Å². The van der Waals surface area contributed by atoms with Gasteiger partial charge in [0.1, 0.15) is 17.5 Å². The maximum atomic E-state index is 15.1. The Bertz CT molecular complexity index is 839. The Balaban J connectivity index is 2.38. The first-order valence-corrected chi connectivity index (χ1v) is 8.95. The Morgan fingerprint density at radius 1 is 1.40 bits per heavy atom. The molecule has 1 amide bonds. The van der Waals surface area contributed by atoms with Crippen molar-refractivity contribution in [2.45, 2.75) is 57.7 Å². The molecule has 1 aromatic rings. The lowest BCUT2D eigenvalue weighted by Gasteiger charge is -2.26. The Morgan fingerprint density at radius 2 is 2.07 bits per heavy atom. The highest BCUT2D eigenvalue weighted by Crippen LogP contribution is 2.45. The molecule has 0 radical (unpaired) electrons. The molecule has 2 heterocycles. The number of halogens is 2. The topological polar surface area (TPSA) is 138 Å². The third kappa shape index (κ3) is 5.21. The van der Waals surface area contributed by atoms with Gasteiger partial charge in [0.2, 0.25) is 12.3 Å². The first-order valence-electron chi connectivity index (χ1n) is 8.95. The zero-order valence-electron chi connectivity index (χ0n) is 16.8. The Morgan fingerprint density at radius 3 is 2.63 bits per heavy atom. The molecule has 11 nitrogen and oxygen atoms in total. The van der Waals surface area contributed by atoms with Crippen molar-refractivity contribution in [3.63, 3.8) is 0 Å². The molecule has 1 aliphatic rings. The van der Waals surface area contributed by atoms with Crippen LogP contribution >= 0.6 is 0 Å². The summed E-state index contributed by atoms with van der Waals surface area (Å²) in [7, 11) is 0. The van der Waals surface area contributed by atoms with Crippen molar-refractivity contribution in [3.05, 3.63) is 22.7 Å². The number of aliphatic hydroxyl groups excluding tert-OH is 1. The van der Waals surface area contributed by atoms with Crippen LogP contribution in [0.15, 0.2) is 17.1 Å². The number of hydrogen-bond acceptors (Lipinski definition) is 9. The van der Waals surface area contributed by atoms with Gasteiger partial charge in [0.05, 0.1) is 13.2 Å². The van der Waals surface area contributed by atoms with E-state index in [0.29, 0.717) is 4.57 Å². The van der Waals surface area contributed by atoms with Crippen molar-refractivity contribution in [2.75, 3.05) is 18.5 Å². The van der Waals surface area contributed by atoms with E-state index in [2.05, 4.69) is 15.0 Å². The molecule has 3 atom stereocenters. The maximum absolute atomic E-state index is 15.1. The van der Waals surface area contributed by atoms with Crippen LogP contribution in [-0.2, 0) is 18.9 Å². The largest absolute Gasteiger partial charge is 0.509 e. The van der Waals surface area contributed by atoms with E-state index in [4.69, 9.17) is 14.2 Å². The minimum absolute atomic E-state index is 0.00434. The van der Waals surface area contributed by atoms with E-state index >= 15 is 8.78 Å². The molecule has 0 unspecified atom stereocenters. The minimum Gasteiger partial charge on any atom is -0.450 e. The molecule has 0 bridgehead atoms. The van der Waals surface area contributed by atoms with Crippen LogP contribution < -0.4 is 11.0 Å². The van der Waals surface area contributed by atoms with Crippen molar-refractivity contribution in [1.82, 2.24) is 9.55 Å². The van der Waals surface area contributed by atoms with Crippen molar-refractivity contribution in [2.24, 2.45) is 0 Å². The second kappa shape index (κ2) is 8.92. The van der Waals surface area contributed by atoms with Gasteiger partial charge in [-0.05, 0) is 33.8 Å². The third-order valence-corrected chi connectivity index (χ3v) is 3.77. The van der Waals surface area contributed by atoms with Gasteiger partial charge in [-0.1, -0.05) is 0 Å². The lowest BCUT2D eigenvalue weighted by atomic mass is 10.1. The number of aliphatic hydroxyl groups is 1. The molecule has 0 aromatic carbocycles. The number of alkyl halides is 2. The van der Waals surface area contributed by atoms with E-state index in [1.165, 1.54) is 27.7 Å². The standard InChI is InChI=1S/C17H23F2N3O8/c1-5-27-14(25)21-10-6-7-20-13(24)22(10)12-17(18,19)11(9(8-23)28-12)29-15(26)30-16(2,3)4/h6-7,9,11-12,23H,5,8H2,1-4H3,(H,21,25)/t9-,11-,12-/m1/s1. The van der Waals surface area contributed by atoms with Gasteiger partial charge < -0.3 is 24.1 Å². The van der Waals surface area contributed by atoms with E-state index in [0.717, 1.165) is 12.3 Å². The number of hydrogen-bond donors (Lipinski definition) is 2. The van der Waals surface area contributed by atoms with Crippen molar-refractivity contribution in [1.29, 1.82) is 0 Å². The summed E-state index contributed by atoms with van der Waals surface area (Å²) < 4.78 is 50.0. The summed E-state index contributed by atoms with van der Waals surface area (Å²) in [6, 6.07) is 1.08. The van der Waals surface area contributed by atoms with Gasteiger partial charge in [-0.3, -0.25) is 5.32 Å². The summed E-state index contributed by atoms with van der Waals surface area (Å²) in [5.41, 5.74) is -2.19. The quantitative estimate of drug-likeness (QED) is 0.661. The first-order chi connectivity index (χ1) is 13.9. The number of rotatable bonds is 5. The minimum atomic E-state index is -4.00. The predicted molar refractivity (Wildman–Crippen MR) is 96.2 cm³/mol. The number of aromatic nitrogens is 2. The van der Waals surface area contributed by atoms with E-state index in [-0.39, 0.29) is 6.61 Å². The molecule has 168 valence electrons. The van der Waals surface area contributed by atoms with Gasteiger partial charge in [-0.2, -0.15) is 8.78 Å². The molecular weight excluding hydrogens is 412 g/mol. The summed E-state index contributed by atoms with van der Waals surface area (Å²) in [6.07, 6.45) is -7.71. The molecule has 1 fully saturated rings. The molecule has 13 heteroatoms. The van der Waals surface area contributed by atoms with Crippen LogP contribution in [0.4, 0.5) is 24.2 Å². The fraction of sp³-hybridized carbons (Fsp3) is 0.647. The van der Waals surface area contributed by atoms with E-state index in [9.17, 15) is 19.5 Å². The second-order valence-electron chi connectivity index (χ2n) is 7.22. The molecule has 2 N–H and O–H groups in total. The Labute approximate surface area is 169 Å². The Hall–Kier alpha value is -2.80. The van der Waals surface area contributed by atoms with Gasteiger partial charge in [0.15, 0.2) is 0 Å². The lowest BCUT2D eigenvalue weighted by Crippen LogP contribution is -2.45. The summed E-state index contributed by atoms with van der Waals surface area (Å²) in [5.74, 6) is -4.39. The third-order valence-electron chi connectivity index (χ3n) is 3.77. The molecule has 0 saturated carbocycles. The molecule has 1 aliphatic heterocycles. The fourth-order valence-electron chi connectivity index (χ4n) is 2.64. The maximum Gasteiger partial charge on any atom is 0.509 e. The number of amides is 1. The smallest absolute Gasteiger partial charge is 0.450 e. The monoisotopic (exact) mass is 435 g/mol. The number of ether oxygens (including phenoxy) is 4. The molecule has 0 spiro atoms. The molecule has 30 heavy (non-hydrogen) atoms. The van der Waals surface area contributed by atoms with Gasteiger partial charge >= 0.3 is 23.9 Å². The second-order valence-corrected chi connectivity index (χ2v) is 7.22. The zero-order valence-corrected chi connectivity index (χ0v) is 16.8. The molecule has 0 aliphatic carbocycles. The number of nitrogens with one attached hydrogen (secondary N) is 1. The van der Waals surface area contributed by atoms with E-state index in [1.807, 2.05) is 0 Å². The Kier molecular flexibility index (Phi) is 6.98. The van der Waals surface area contributed by atoms with Crippen LogP contribution in [0.25, 0.3) is 0 Å². The summed E-state index contributed by atoms with van der Waals surface area (Å²) >= 11 is 0. The average molecular weight is 435 g/mol. The summed E-state index contributed by atoms with van der Waals surface area (Å²) in [4.78, 5) is 39.2. The first kappa shape index (κ1) is 23.5. The zero-order chi connectivity index (χ0) is 22.7. The van der Waals surface area contributed by atoms with Crippen LogP contribution in [0.3, 0.4) is 0 Å². The highest BCUT2D eigenvalue weighted by Gasteiger charge is 2.63. The van der Waals surface area contributed by atoms with Crippen molar-refractivity contribution >= 4 is 18.1 Å². The van der Waals surface area contributed by atoms with Crippen molar-refractivity contribution < 1.29 is 42.4 Å². The highest BCUT2D eigenvalue weighted by molar-refractivity contribution is 5.83. The van der Waals surface area contributed by atoms with Crippen LogP contribution in [0.5, 0.6) is 0 Å². The van der Waals surface area contributed by atoms with Gasteiger partial charge in [-0.25, -0.2) is 23.9 Å². The van der Waals surface area contributed by atoms with E-state index < -0.39 is 60.3 Å². The molecule has 1 aromatic heterocycles. The SMILES string of the molecule is CCOC(=O)Nc1ccnc(=O)n1[C@@H]1O[C@H](CO)[C@@H](OC(=O)OC(C)(C)C)C1(F)F. The lowest BCUT2D eigenvalue weighted by molar-refractivity contribution is -0.149. The molecule has 2 rings (SSSR count). The number of anilines is 1.